The Labute approximate surface area is 116 Å². The number of benzene rings is 1. The Kier molecular flexibility index (Phi) is 3.92. The molecule has 20 heavy (non-hydrogen) atoms. The smallest absolute Gasteiger partial charge is 0.343 e. The summed E-state index contributed by atoms with van der Waals surface area (Å²) in [6.45, 7) is -0.241. The van der Waals surface area contributed by atoms with Crippen LogP contribution in [-0.2, 0) is 16.0 Å². The van der Waals surface area contributed by atoms with Crippen molar-refractivity contribution in [3.05, 3.63) is 29.8 Å². The van der Waals surface area contributed by atoms with Crippen LogP contribution in [0, 0.1) is 0 Å². The molecule has 0 bridgehead atoms. The van der Waals surface area contributed by atoms with E-state index in [1.165, 1.54) is 4.90 Å². The minimum Gasteiger partial charge on any atom is -0.497 e. The van der Waals surface area contributed by atoms with E-state index in [0.717, 1.165) is 5.56 Å². The van der Waals surface area contributed by atoms with E-state index in [-0.39, 0.29) is 31.8 Å². The Morgan fingerprint density at radius 1 is 1.40 bits per heavy atom. The Balaban J connectivity index is 1.97. The van der Waals surface area contributed by atoms with Gasteiger partial charge in [0.25, 0.3) is 0 Å². The predicted molar refractivity (Wildman–Crippen MR) is 69.4 cm³/mol. The van der Waals surface area contributed by atoms with E-state index in [0.29, 0.717) is 5.75 Å². The first kappa shape index (κ1) is 14.3. The highest BCUT2D eigenvalue weighted by Crippen LogP contribution is 2.26. The number of methoxy groups -OCH3 is 1. The van der Waals surface area contributed by atoms with Crippen LogP contribution in [0.15, 0.2) is 24.3 Å². The van der Waals surface area contributed by atoms with E-state index in [9.17, 15) is 14.0 Å². The maximum Gasteiger partial charge on any atom is 0.343 e. The van der Waals surface area contributed by atoms with Gasteiger partial charge in [0, 0.05) is 13.0 Å². The number of amides is 1. The molecule has 1 atom stereocenters. The van der Waals surface area contributed by atoms with Gasteiger partial charge in [-0.25, -0.2) is 9.18 Å². The van der Waals surface area contributed by atoms with Crippen LogP contribution in [0.1, 0.15) is 12.0 Å². The van der Waals surface area contributed by atoms with Crippen LogP contribution in [-0.4, -0.2) is 47.8 Å². The van der Waals surface area contributed by atoms with Crippen molar-refractivity contribution < 1.29 is 23.8 Å². The molecule has 1 unspecified atom stereocenters. The first-order valence-electron chi connectivity index (χ1n) is 6.27. The molecule has 0 saturated carbocycles. The number of hydrogen-bond donors (Lipinski definition) is 1. The van der Waals surface area contributed by atoms with E-state index in [1.807, 2.05) is 0 Å². The SMILES string of the molecule is COc1ccc(CC(=O)N2CCC(F)(C(=O)O)C2)cc1. The number of carboxylic acid groups (broad SMARTS) is 1. The highest BCUT2D eigenvalue weighted by atomic mass is 19.1. The van der Waals surface area contributed by atoms with E-state index >= 15 is 0 Å². The predicted octanol–water partition coefficient (Wildman–Crippen LogP) is 1.26. The molecule has 1 aliphatic rings. The second-order valence-corrected chi connectivity index (χ2v) is 4.86. The molecule has 1 heterocycles. The van der Waals surface area contributed by atoms with Gasteiger partial charge in [0.15, 0.2) is 0 Å². The molecule has 0 radical (unpaired) electrons. The Morgan fingerprint density at radius 2 is 2.05 bits per heavy atom. The van der Waals surface area contributed by atoms with Gasteiger partial charge in [-0.05, 0) is 17.7 Å². The standard InChI is InChI=1S/C14H16FNO4/c1-20-11-4-2-10(3-5-11)8-12(17)16-7-6-14(15,9-16)13(18)19/h2-5H,6-9H2,1H3,(H,18,19). The van der Waals surface area contributed by atoms with Gasteiger partial charge in [-0.2, -0.15) is 0 Å². The first-order chi connectivity index (χ1) is 9.44. The Bertz CT molecular complexity index is 516. The number of nitrogens with zero attached hydrogens (tertiary/aromatic N) is 1. The molecule has 1 N–H and O–H groups in total. The fourth-order valence-corrected chi connectivity index (χ4v) is 2.19. The second-order valence-electron chi connectivity index (χ2n) is 4.86. The molecule has 1 aliphatic heterocycles. The molecular weight excluding hydrogens is 265 g/mol. The van der Waals surface area contributed by atoms with Crippen LogP contribution < -0.4 is 4.74 Å². The van der Waals surface area contributed by atoms with Gasteiger partial charge in [0.1, 0.15) is 5.75 Å². The number of carboxylic acids is 1. The molecule has 108 valence electrons. The van der Waals surface area contributed by atoms with Crippen molar-refractivity contribution in [1.29, 1.82) is 0 Å². The summed E-state index contributed by atoms with van der Waals surface area (Å²) < 4.78 is 18.9. The summed E-state index contributed by atoms with van der Waals surface area (Å²) in [5.41, 5.74) is -1.53. The molecule has 5 nitrogen and oxygen atoms in total. The topological polar surface area (TPSA) is 66.8 Å². The summed E-state index contributed by atoms with van der Waals surface area (Å²) >= 11 is 0. The van der Waals surface area contributed by atoms with Gasteiger partial charge in [0.05, 0.1) is 20.1 Å². The van der Waals surface area contributed by atoms with Crippen LogP contribution in [0.4, 0.5) is 4.39 Å². The third-order valence-corrected chi connectivity index (χ3v) is 3.47. The number of carbonyl (C=O) groups is 2. The largest absolute Gasteiger partial charge is 0.497 e. The minimum atomic E-state index is -2.31. The lowest BCUT2D eigenvalue weighted by molar-refractivity contribution is -0.150. The molecule has 1 amide bonds. The number of hydrogen-bond acceptors (Lipinski definition) is 3. The molecule has 1 fully saturated rings. The van der Waals surface area contributed by atoms with Crippen LogP contribution >= 0.6 is 0 Å². The van der Waals surface area contributed by atoms with E-state index in [4.69, 9.17) is 9.84 Å². The van der Waals surface area contributed by atoms with Crippen molar-refractivity contribution in [3.8, 4) is 5.75 Å². The van der Waals surface area contributed by atoms with Crippen LogP contribution in [0.5, 0.6) is 5.75 Å². The summed E-state index contributed by atoms with van der Waals surface area (Å²) in [5, 5.41) is 8.79. The summed E-state index contributed by atoms with van der Waals surface area (Å²) in [7, 11) is 1.55. The van der Waals surface area contributed by atoms with Crippen molar-refractivity contribution in [2.45, 2.75) is 18.5 Å². The molecule has 6 heteroatoms. The number of halogens is 1. The third kappa shape index (κ3) is 2.89. The molecule has 1 saturated heterocycles. The highest BCUT2D eigenvalue weighted by molar-refractivity contribution is 5.83. The number of aliphatic carboxylic acids is 1. The Morgan fingerprint density at radius 3 is 2.55 bits per heavy atom. The lowest BCUT2D eigenvalue weighted by Gasteiger charge is -2.17. The molecule has 0 aliphatic carbocycles. The average Bonchev–Trinajstić information content (AvgIpc) is 2.84. The van der Waals surface area contributed by atoms with Crippen molar-refractivity contribution in [2.75, 3.05) is 20.2 Å². The maximum absolute atomic E-state index is 13.9. The number of alkyl halides is 1. The third-order valence-electron chi connectivity index (χ3n) is 3.47. The van der Waals surface area contributed by atoms with Gasteiger partial charge in [-0.15, -0.1) is 0 Å². The van der Waals surface area contributed by atoms with Gasteiger partial charge in [-0.1, -0.05) is 12.1 Å². The fourth-order valence-electron chi connectivity index (χ4n) is 2.19. The number of carbonyl (C=O) groups excluding carboxylic acids is 1. The fraction of sp³-hybridized carbons (Fsp3) is 0.429. The molecule has 2 rings (SSSR count). The zero-order chi connectivity index (χ0) is 14.8. The Hall–Kier alpha value is -2.11. The first-order valence-corrected chi connectivity index (χ1v) is 6.27. The van der Waals surface area contributed by atoms with Crippen molar-refractivity contribution >= 4 is 11.9 Å². The molecule has 0 spiro atoms. The average molecular weight is 281 g/mol. The minimum absolute atomic E-state index is 0.125. The van der Waals surface area contributed by atoms with Gasteiger partial charge < -0.3 is 14.7 Å². The quantitative estimate of drug-likeness (QED) is 0.902. The monoisotopic (exact) mass is 281 g/mol. The van der Waals surface area contributed by atoms with E-state index in [2.05, 4.69) is 0 Å². The number of ether oxygens (including phenoxy) is 1. The zero-order valence-corrected chi connectivity index (χ0v) is 11.1. The van der Waals surface area contributed by atoms with Crippen molar-refractivity contribution in [2.24, 2.45) is 0 Å². The lowest BCUT2D eigenvalue weighted by atomic mass is 10.1. The summed E-state index contributed by atoms with van der Waals surface area (Å²) in [5.74, 6) is -1.08. The van der Waals surface area contributed by atoms with Gasteiger partial charge >= 0.3 is 5.97 Å². The molecule has 1 aromatic carbocycles. The maximum atomic E-state index is 13.9. The van der Waals surface area contributed by atoms with Crippen LogP contribution in [0.25, 0.3) is 0 Å². The second kappa shape index (κ2) is 5.48. The molecule has 1 aromatic rings. The highest BCUT2D eigenvalue weighted by Gasteiger charge is 2.46. The van der Waals surface area contributed by atoms with E-state index in [1.54, 1.807) is 31.4 Å². The van der Waals surface area contributed by atoms with Gasteiger partial charge in [-0.3, -0.25) is 4.79 Å². The van der Waals surface area contributed by atoms with Crippen molar-refractivity contribution in [1.82, 2.24) is 4.90 Å². The lowest BCUT2D eigenvalue weighted by Crippen LogP contribution is -2.39. The molecular formula is C14H16FNO4. The summed E-state index contributed by atoms with van der Waals surface area (Å²) in [6.07, 6.45) is -0.0314. The van der Waals surface area contributed by atoms with Crippen molar-refractivity contribution in [3.63, 3.8) is 0 Å². The molecule has 0 aromatic heterocycles. The van der Waals surface area contributed by atoms with Crippen LogP contribution in [0.2, 0.25) is 0 Å². The van der Waals surface area contributed by atoms with Gasteiger partial charge in [0.2, 0.25) is 11.6 Å². The normalized spacial score (nSPS) is 21.8. The number of rotatable bonds is 4. The van der Waals surface area contributed by atoms with Crippen LogP contribution in [0.3, 0.4) is 0 Å². The summed E-state index contributed by atoms with van der Waals surface area (Å²) in [4.78, 5) is 24.1. The van der Waals surface area contributed by atoms with E-state index < -0.39 is 11.6 Å². The zero-order valence-electron chi connectivity index (χ0n) is 11.1. The number of likely N-dealkylation sites (tertiary alicyclic amines) is 1. The summed E-state index contributed by atoms with van der Waals surface area (Å²) in [6, 6.07) is 6.99.